The molecular formula is C16H19N5O4S2. The molecule has 0 aliphatic carbocycles. The molecule has 0 fully saturated rings. The van der Waals surface area contributed by atoms with Crippen molar-refractivity contribution in [2.45, 2.75) is 42.6 Å². The molecule has 9 nitrogen and oxygen atoms in total. The third-order valence-corrected chi connectivity index (χ3v) is 5.86. The van der Waals surface area contributed by atoms with Gasteiger partial charge in [-0.1, -0.05) is 16.9 Å². The molecule has 0 spiro atoms. The molecule has 0 bridgehead atoms. The van der Waals surface area contributed by atoms with E-state index < -0.39 is 15.3 Å². The maximum Gasteiger partial charge on any atom is 0.240 e. The largest absolute Gasteiger partial charge is 0.338 e. The monoisotopic (exact) mass is 409 g/mol. The highest BCUT2D eigenvalue weighted by Gasteiger charge is 2.21. The molecule has 3 aromatic rings. The second-order valence-electron chi connectivity index (χ2n) is 5.92. The number of thioether (sulfide) groups is 1. The van der Waals surface area contributed by atoms with Crippen molar-refractivity contribution in [3.05, 3.63) is 30.0 Å². The molecule has 27 heavy (non-hydrogen) atoms. The van der Waals surface area contributed by atoms with E-state index in [1.165, 1.54) is 23.9 Å². The van der Waals surface area contributed by atoms with Gasteiger partial charge < -0.3 is 9.09 Å². The minimum Gasteiger partial charge on any atom is -0.338 e. The predicted molar refractivity (Wildman–Crippen MR) is 102 cm³/mol. The predicted octanol–water partition coefficient (Wildman–Crippen LogP) is 2.12. The van der Waals surface area contributed by atoms with Crippen LogP contribution in [0, 0.1) is 6.92 Å². The Balaban J connectivity index is 1.85. The number of amides is 1. The number of fused-ring (bicyclic) bond motifs is 1. The van der Waals surface area contributed by atoms with Gasteiger partial charge in [-0.25, -0.2) is 18.5 Å². The van der Waals surface area contributed by atoms with Crippen molar-refractivity contribution in [2.75, 3.05) is 5.32 Å². The first-order valence-corrected chi connectivity index (χ1v) is 10.6. The lowest BCUT2D eigenvalue weighted by atomic mass is 10.3. The first-order chi connectivity index (χ1) is 12.7. The Morgan fingerprint density at radius 2 is 2.15 bits per heavy atom. The van der Waals surface area contributed by atoms with Gasteiger partial charge in [0.2, 0.25) is 21.8 Å². The highest BCUT2D eigenvalue weighted by molar-refractivity contribution is 8.00. The smallest absolute Gasteiger partial charge is 0.240 e. The average molecular weight is 409 g/mol. The van der Waals surface area contributed by atoms with E-state index in [-0.39, 0.29) is 16.7 Å². The number of aryl methyl sites for hydroxylation is 2. The second kappa shape index (κ2) is 7.33. The summed E-state index contributed by atoms with van der Waals surface area (Å²) in [4.78, 5) is 16.9. The fourth-order valence-corrected chi connectivity index (χ4v) is 4.04. The number of aromatic nitrogens is 3. The van der Waals surface area contributed by atoms with Gasteiger partial charge in [-0.15, -0.1) is 0 Å². The molecule has 1 aromatic carbocycles. The third-order valence-electron chi connectivity index (χ3n) is 3.86. The first kappa shape index (κ1) is 19.4. The number of nitrogens with two attached hydrogens (primary N) is 1. The van der Waals surface area contributed by atoms with Crippen LogP contribution in [0.25, 0.3) is 11.0 Å². The second-order valence-corrected chi connectivity index (χ2v) is 8.79. The highest BCUT2D eigenvalue weighted by atomic mass is 32.2. The Hall–Kier alpha value is -2.37. The molecule has 0 aliphatic heterocycles. The summed E-state index contributed by atoms with van der Waals surface area (Å²) in [6.07, 6.45) is 0. The summed E-state index contributed by atoms with van der Waals surface area (Å²) in [6, 6.07) is 6.17. The third kappa shape index (κ3) is 4.15. The van der Waals surface area contributed by atoms with Crippen LogP contribution in [0.4, 0.5) is 5.88 Å². The summed E-state index contributed by atoms with van der Waals surface area (Å²) >= 11 is 1.27. The molecule has 0 aliphatic rings. The number of nitrogens with one attached hydrogen (secondary N) is 1. The average Bonchev–Trinajstić information content (AvgIpc) is 3.15. The first-order valence-electron chi connectivity index (χ1n) is 8.13. The zero-order valence-corrected chi connectivity index (χ0v) is 16.6. The van der Waals surface area contributed by atoms with Crippen molar-refractivity contribution in [3.63, 3.8) is 0 Å². The Labute approximate surface area is 160 Å². The number of benzene rings is 1. The van der Waals surface area contributed by atoms with Crippen molar-refractivity contribution < 1.29 is 17.7 Å². The van der Waals surface area contributed by atoms with Gasteiger partial charge in [0.05, 0.1) is 26.9 Å². The van der Waals surface area contributed by atoms with Gasteiger partial charge in [0, 0.05) is 12.6 Å². The van der Waals surface area contributed by atoms with E-state index in [1.54, 1.807) is 26.0 Å². The van der Waals surface area contributed by atoms with Gasteiger partial charge in [-0.2, -0.15) is 0 Å². The summed E-state index contributed by atoms with van der Waals surface area (Å²) in [5.41, 5.74) is 1.94. The number of carbonyl (C=O) groups excluding carboxylic acids is 1. The van der Waals surface area contributed by atoms with Crippen LogP contribution >= 0.6 is 11.8 Å². The van der Waals surface area contributed by atoms with E-state index in [2.05, 4.69) is 15.5 Å². The lowest BCUT2D eigenvalue weighted by molar-refractivity contribution is -0.115. The van der Waals surface area contributed by atoms with Gasteiger partial charge >= 0.3 is 0 Å². The zero-order chi connectivity index (χ0) is 19.8. The molecular weight excluding hydrogens is 390 g/mol. The quantitative estimate of drug-likeness (QED) is 0.596. The van der Waals surface area contributed by atoms with Gasteiger partial charge in [-0.3, -0.25) is 10.1 Å². The lowest BCUT2D eigenvalue weighted by Crippen LogP contribution is -2.22. The summed E-state index contributed by atoms with van der Waals surface area (Å²) in [7, 11) is -3.81. The molecule has 0 saturated carbocycles. The van der Waals surface area contributed by atoms with Crippen LogP contribution in [0.3, 0.4) is 0 Å². The van der Waals surface area contributed by atoms with Crippen LogP contribution in [-0.4, -0.2) is 34.3 Å². The van der Waals surface area contributed by atoms with Crippen LogP contribution < -0.4 is 10.5 Å². The van der Waals surface area contributed by atoms with Gasteiger partial charge in [0.1, 0.15) is 0 Å². The van der Waals surface area contributed by atoms with E-state index >= 15 is 0 Å². The number of carbonyl (C=O) groups is 1. The number of hydrogen-bond donors (Lipinski definition) is 2. The minimum absolute atomic E-state index is 0.00113. The molecule has 0 radical (unpaired) electrons. The Kier molecular flexibility index (Phi) is 5.27. The van der Waals surface area contributed by atoms with E-state index in [0.717, 1.165) is 5.52 Å². The van der Waals surface area contributed by atoms with Crippen LogP contribution in [0.1, 0.15) is 19.5 Å². The maximum atomic E-state index is 12.4. The van der Waals surface area contributed by atoms with Crippen molar-refractivity contribution >= 4 is 44.6 Å². The lowest BCUT2D eigenvalue weighted by Gasteiger charge is -2.11. The SMILES string of the molecule is CCn1c(S[C@@H](C)C(=O)Nc2cc(C)no2)nc2cc(S(N)(=O)=O)ccc21. The molecule has 3 N–H and O–H groups in total. The van der Waals surface area contributed by atoms with Crippen LogP contribution in [0.2, 0.25) is 0 Å². The van der Waals surface area contributed by atoms with E-state index in [0.29, 0.717) is 22.9 Å². The summed E-state index contributed by atoms with van der Waals surface area (Å²) in [5.74, 6) is 0.0304. The van der Waals surface area contributed by atoms with Gasteiger partial charge in [0.25, 0.3) is 0 Å². The number of sulfonamides is 1. The fourth-order valence-electron chi connectivity index (χ4n) is 2.52. The van der Waals surface area contributed by atoms with Crippen LogP contribution in [-0.2, 0) is 21.4 Å². The number of rotatable bonds is 6. The molecule has 1 atom stereocenters. The Morgan fingerprint density at radius 1 is 1.41 bits per heavy atom. The van der Waals surface area contributed by atoms with Crippen molar-refractivity contribution in [1.82, 2.24) is 14.7 Å². The standard InChI is InChI=1S/C16H19N5O4S2/c1-4-21-13-6-5-11(27(17,23)24)8-12(13)18-16(21)26-10(3)15(22)19-14-7-9(2)20-25-14/h5-8,10H,4H2,1-3H3,(H,19,22)(H2,17,23,24)/t10-/m0/s1. The van der Waals surface area contributed by atoms with E-state index in [9.17, 15) is 13.2 Å². The molecule has 0 unspecified atom stereocenters. The number of imidazole rings is 1. The number of anilines is 1. The van der Waals surface area contributed by atoms with Crippen molar-refractivity contribution in [1.29, 1.82) is 0 Å². The van der Waals surface area contributed by atoms with Gasteiger partial charge in [-0.05, 0) is 39.0 Å². The Bertz CT molecular complexity index is 1100. The van der Waals surface area contributed by atoms with Crippen LogP contribution in [0.5, 0.6) is 0 Å². The molecule has 3 rings (SSSR count). The molecule has 2 heterocycles. The number of hydrogen-bond acceptors (Lipinski definition) is 7. The highest BCUT2D eigenvalue weighted by Crippen LogP contribution is 2.29. The molecule has 2 aromatic heterocycles. The maximum absolute atomic E-state index is 12.4. The van der Waals surface area contributed by atoms with Crippen molar-refractivity contribution in [2.24, 2.45) is 5.14 Å². The van der Waals surface area contributed by atoms with Crippen molar-refractivity contribution in [3.8, 4) is 0 Å². The molecule has 144 valence electrons. The minimum atomic E-state index is -3.81. The summed E-state index contributed by atoms with van der Waals surface area (Å²) in [6.45, 7) is 6.07. The summed E-state index contributed by atoms with van der Waals surface area (Å²) < 4.78 is 30.0. The topological polar surface area (TPSA) is 133 Å². The fraction of sp³-hybridized carbons (Fsp3) is 0.312. The zero-order valence-electron chi connectivity index (χ0n) is 15.0. The molecule has 1 amide bonds. The van der Waals surface area contributed by atoms with E-state index in [4.69, 9.17) is 9.66 Å². The molecule has 11 heteroatoms. The number of nitrogens with zero attached hydrogens (tertiary/aromatic N) is 3. The normalized spacial score (nSPS) is 13.0. The Morgan fingerprint density at radius 3 is 2.74 bits per heavy atom. The molecule has 0 saturated heterocycles. The van der Waals surface area contributed by atoms with Gasteiger partial charge in [0.15, 0.2) is 5.16 Å². The van der Waals surface area contributed by atoms with E-state index in [1.807, 2.05) is 11.5 Å². The summed E-state index contributed by atoms with van der Waals surface area (Å²) in [5, 5.41) is 11.7. The van der Waals surface area contributed by atoms with Crippen LogP contribution in [0.15, 0.2) is 38.8 Å². The number of primary sulfonamides is 1.